The van der Waals surface area contributed by atoms with Crippen molar-refractivity contribution in [1.29, 1.82) is 0 Å². The molecule has 1 atom stereocenters. The summed E-state index contributed by atoms with van der Waals surface area (Å²) in [4.78, 5) is 6.65. The molecule has 0 radical (unpaired) electrons. The minimum Gasteiger partial charge on any atom is -0.370 e. The van der Waals surface area contributed by atoms with Gasteiger partial charge in [-0.2, -0.15) is 5.10 Å². The van der Waals surface area contributed by atoms with E-state index in [-0.39, 0.29) is 6.10 Å². The van der Waals surface area contributed by atoms with Gasteiger partial charge in [-0.1, -0.05) is 29.8 Å². The molecule has 0 aliphatic carbocycles. The Kier molecular flexibility index (Phi) is 5.94. The summed E-state index contributed by atoms with van der Waals surface area (Å²) in [6.45, 7) is 3.04. The molecule has 1 aromatic heterocycles. The van der Waals surface area contributed by atoms with Gasteiger partial charge in [-0.05, 0) is 18.1 Å². The van der Waals surface area contributed by atoms with Gasteiger partial charge in [-0.25, -0.2) is 0 Å². The Morgan fingerprint density at radius 2 is 2.28 bits per heavy atom. The number of nitrogens with zero attached hydrogens (tertiary/aromatic N) is 4. The standard InChI is InChI=1S/C18H24ClN5O/c1-20-18(21-8-7-14-5-3-4-6-16(14)19)24-9-10-25-17(13-24)15-11-22-23(2)12-15/h3-6,11-12,17H,7-10,13H2,1-2H3,(H,20,21). The van der Waals surface area contributed by atoms with E-state index in [2.05, 4.69) is 26.4 Å². The molecule has 1 unspecified atom stereocenters. The van der Waals surface area contributed by atoms with Crippen LogP contribution in [0.2, 0.25) is 5.02 Å². The molecular formula is C18H24ClN5O. The summed E-state index contributed by atoms with van der Waals surface area (Å²) in [6, 6.07) is 7.94. The number of hydrogen-bond donors (Lipinski definition) is 1. The first-order chi connectivity index (χ1) is 12.2. The molecular weight excluding hydrogens is 338 g/mol. The number of halogens is 1. The van der Waals surface area contributed by atoms with Crippen molar-refractivity contribution in [3.63, 3.8) is 0 Å². The minimum atomic E-state index is 0.0181. The van der Waals surface area contributed by atoms with Gasteiger partial charge in [0.05, 0.1) is 19.3 Å². The normalized spacial score (nSPS) is 18.4. The van der Waals surface area contributed by atoms with Crippen LogP contribution in [0.1, 0.15) is 17.2 Å². The van der Waals surface area contributed by atoms with Gasteiger partial charge in [0.1, 0.15) is 6.10 Å². The SMILES string of the molecule is CN=C(NCCc1ccccc1Cl)N1CCOC(c2cnn(C)c2)C1. The third-order valence-electron chi connectivity index (χ3n) is 4.31. The Morgan fingerprint density at radius 3 is 3.00 bits per heavy atom. The molecule has 1 N–H and O–H groups in total. The van der Waals surface area contributed by atoms with E-state index in [1.807, 2.05) is 44.7 Å². The Balaban J connectivity index is 1.56. The van der Waals surface area contributed by atoms with E-state index >= 15 is 0 Å². The molecule has 2 aromatic rings. The van der Waals surface area contributed by atoms with Crippen molar-refractivity contribution in [2.24, 2.45) is 12.0 Å². The lowest BCUT2D eigenvalue weighted by Crippen LogP contribution is -2.48. The second-order valence-corrected chi connectivity index (χ2v) is 6.48. The van der Waals surface area contributed by atoms with Gasteiger partial charge < -0.3 is 15.0 Å². The van der Waals surface area contributed by atoms with Gasteiger partial charge in [0, 0.05) is 44.0 Å². The highest BCUT2D eigenvalue weighted by atomic mass is 35.5. The fourth-order valence-corrected chi connectivity index (χ4v) is 3.22. The highest BCUT2D eigenvalue weighted by molar-refractivity contribution is 6.31. The van der Waals surface area contributed by atoms with E-state index in [4.69, 9.17) is 16.3 Å². The average molecular weight is 362 g/mol. The van der Waals surface area contributed by atoms with Crippen molar-refractivity contribution in [1.82, 2.24) is 20.0 Å². The second-order valence-electron chi connectivity index (χ2n) is 6.07. The number of aliphatic imine (C=N–C) groups is 1. The van der Waals surface area contributed by atoms with E-state index in [9.17, 15) is 0 Å². The van der Waals surface area contributed by atoms with Crippen molar-refractivity contribution < 1.29 is 4.74 Å². The van der Waals surface area contributed by atoms with E-state index in [0.29, 0.717) is 6.61 Å². The Morgan fingerprint density at radius 1 is 1.44 bits per heavy atom. The van der Waals surface area contributed by atoms with E-state index < -0.39 is 0 Å². The van der Waals surface area contributed by atoms with Crippen molar-refractivity contribution in [3.8, 4) is 0 Å². The van der Waals surface area contributed by atoms with Crippen molar-refractivity contribution in [3.05, 3.63) is 52.8 Å². The summed E-state index contributed by atoms with van der Waals surface area (Å²) in [5.74, 6) is 0.893. The fourth-order valence-electron chi connectivity index (χ4n) is 2.99. The highest BCUT2D eigenvalue weighted by Crippen LogP contribution is 2.21. The number of aryl methyl sites for hydroxylation is 1. The first kappa shape index (κ1) is 17.8. The molecule has 0 saturated carbocycles. The monoisotopic (exact) mass is 361 g/mol. The number of morpholine rings is 1. The molecule has 1 aliphatic rings. The minimum absolute atomic E-state index is 0.0181. The first-order valence-electron chi connectivity index (χ1n) is 8.46. The molecule has 25 heavy (non-hydrogen) atoms. The molecule has 0 spiro atoms. The predicted octanol–water partition coefficient (Wildman–Crippen LogP) is 2.26. The third kappa shape index (κ3) is 4.52. The third-order valence-corrected chi connectivity index (χ3v) is 4.68. The molecule has 1 aliphatic heterocycles. The maximum absolute atomic E-state index is 6.22. The molecule has 7 heteroatoms. The van der Waals surface area contributed by atoms with Gasteiger partial charge in [0.25, 0.3) is 0 Å². The lowest BCUT2D eigenvalue weighted by molar-refractivity contribution is -0.00800. The number of guanidine groups is 1. The van der Waals surface area contributed by atoms with E-state index in [1.54, 1.807) is 4.68 Å². The van der Waals surface area contributed by atoms with Crippen LogP contribution in [0.15, 0.2) is 41.7 Å². The molecule has 1 fully saturated rings. The number of benzene rings is 1. The Labute approximate surface area is 153 Å². The van der Waals surface area contributed by atoms with Crippen molar-refractivity contribution in [2.45, 2.75) is 12.5 Å². The maximum atomic E-state index is 6.22. The number of rotatable bonds is 4. The van der Waals surface area contributed by atoms with Gasteiger partial charge in [0.2, 0.25) is 0 Å². The molecule has 0 amide bonds. The molecule has 0 bridgehead atoms. The van der Waals surface area contributed by atoms with Crippen molar-refractivity contribution in [2.75, 3.05) is 33.3 Å². The summed E-state index contributed by atoms with van der Waals surface area (Å²) in [7, 11) is 3.73. The topological polar surface area (TPSA) is 54.7 Å². The Hall–Kier alpha value is -2.05. The van der Waals surface area contributed by atoms with Gasteiger partial charge in [0.15, 0.2) is 5.96 Å². The fraction of sp³-hybridized carbons (Fsp3) is 0.444. The van der Waals surface area contributed by atoms with Gasteiger partial charge in [-0.3, -0.25) is 9.67 Å². The highest BCUT2D eigenvalue weighted by Gasteiger charge is 2.25. The molecule has 6 nitrogen and oxygen atoms in total. The number of ether oxygens (including phenoxy) is 1. The van der Waals surface area contributed by atoms with Crippen LogP contribution in [-0.4, -0.2) is 53.9 Å². The van der Waals surface area contributed by atoms with E-state index in [0.717, 1.165) is 48.2 Å². The van der Waals surface area contributed by atoms with Crippen LogP contribution < -0.4 is 5.32 Å². The zero-order chi connectivity index (χ0) is 17.6. The van der Waals surface area contributed by atoms with Crippen LogP contribution in [0.5, 0.6) is 0 Å². The van der Waals surface area contributed by atoms with E-state index in [1.165, 1.54) is 0 Å². The number of nitrogens with one attached hydrogen (secondary N) is 1. The predicted molar refractivity (Wildman–Crippen MR) is 100.0 cm³/mol. The van der Waals surface area contributed by atoms with Gasteiger partial charge >= 0.3 is 0 Å². The summed E-state index contributed by atoms with van der Waals surface area (Å²) in [5, 5.41) is 8.47. The largest absolute Gasteiger partial charge is 0.370 e. The quantitative estimate of drug-likeness (QED) is 0.670. The number of hydrogen-bond acceptors (Lipinski definition) is 3. The van der Waals surface area contributed by atoms with Crippen LogP contribution in [0.3, 0.4) is 0 Å². The lowest BCUT2D eigenvalue weighted by Gasteiger charge is -2.34. The molecule has 1 saturated heterocycles. The van der Waals surface area contributed by atoms with Crippen LogP contribution >= 0.6 is 11.6 Å². The number of aromatic nitrogens is 2. The maximum Gasteiger partial charge on any atom is 0.193 e. The Bertz CT molecular complexity index is 730. The summed E-state index contributed by atoms with van der Waals surface area (Å²) < 4.78 is 7.70. The van der Waals surface area contributed by atoms with Gasteiger partial charge in [-0.15, -0.1) is 0 Å². The molecule has 134 valence electrons. The molecule has 2 heterocycles. The van der Waals surface area contributed by atoms with Crippen LogP contribution in [0.4, 0.5) is 0 Å². The summed E-state index contributed by atoms with van der Waals surface area (Å²) in [6.07, 6.45) is 4.74. The first-order valence-corrected chi connectivity index (χ1v) is 8.84. The zero-order valence-corrected chi connectivity index (χ0v) is 15.4. The average Bonchev–Trinajstić information content (AvgIpc) is 3.07. The summed E-state index contributed by atoms with van der Waals surface area (Å²) in [5.41, 5.74) is 2.24. The lowest BCUT2D eigenvalue weighted by atomic mass is 10.1. The molecule has 1 aromatic carbocycles. The van der Waals surface area contributed by atoms with Crippen LogP contribution in [0.25, 0.3) is 0 Å². The van der Waals surface area contributed by atoms with Crippen molar-refractivity contribution >= 4 is 17.6 Å². The van der Waals surface area contributed by atoms with Crippen LogP contribution in [0, 0.1) is 0 Å². The summed E-state index contributed by atoms with van der Waals surface area (Å²) >= 11 is 6.22. The smallest absolute Gasteiger partial charge is 0.193 e. The zero-order valence-electron chi connectivity index (χ0n) is 14.7. The van der Waals surface area contributed by atoms with Crippen LogP contribution in [-0.2, 0) is 18.2 Å². The molecule has 3 rings (SSSR count). The second kappa shape index (κ2) is 8.36.